The van der Waals surface area contributed by atoms with Crippen LogP contribution in [0, 0.1) is 11.3 Å². The van der Waals surface area contributed by atoms with E-state index < -0.39 is 0 Å². The molecule has 0 aliphatic carbocycles. The van der Waals surface area contributed by atoms with Crippen molar-refractivity contribution in [1.29, 1.82) is 5.26 Å². The molecule has 5 heteroatoms. The molecule has 7 aromatic carbocycles. The third-order valence-corrected chi connectivity index (χ3v) is 10.3. The molecule has 0 spiro atoms. The number of nitrogens with zero attached hydrogens (tertiary/aromatic N) is 4. The van der Waals surface area contributed by atoms with Gasteiger partial charge in [-0.2, -0.15) is 5.26 Å². The van der Waals surface area contributed by atoms with Crippen LogP contribution in [-0.2, 0) is 13.1 Å². The summed E-state index contributed by atoms with van der Waals surface area (Å²) in [7, 11) is 0. The lowest BCUT2D eigenvalue weighted by atomic mass is 10.00. The number of hydrogen-bond donors (Lipinski definition) is 0. The van der Waals surface area contributed by atoms with Crippen LogP contribution in [-0.4, -0.2) is 14.6 Å². The number of fused-ring (bicyclic) bond motifs is 6. The second kappa shape index (κ2) is 11.9. The minimum atomic E-state index is 0.194. The van der Waals surface area contributed by atoms with Crippen LogP contribution in [0.3, 0.4) is 0 Å². The van der Waals surface area contributed by atoms with E-state index in [1.54, 1.807) is 0 Å². The van der Waals surface area contributed by atoms with Crippen molar-refractivity contribution in [2.45, 2.75) is 19.3 Å². The van der Waals surface area contributed by atoms with Crippen LogP contribution in [0.25, 0.3) is 60.6 Å². The topological polar surface area (TPSA) is 47.9 Å². The van der Waals surface area contributed by atoms with E-state index in [1.807, 2.05) is 24.3 Å². The van der Waals surface area contributed by atoms with Gasteiger partial charge in [0.1, 0.15) is 17.3 Å². The molecule has 10 rings (SSSR count). The molecule has 242 valence electrons. The number of para-hydroxylation sites is 2. The van der Waals surface area contributed by atoms with Crippen molar-refractivity contribution >= 4 is 43.7 Å². The Morgan fingerprint density at radius 3 is 1.88 bits per heavy atom. The summed E-state index contributed by atoms with van der Waals surface area (Å²) in [6.07, 6.45) is 0.194. The molecule has 0 saturated carbocycles. The molecule has 0 radical (unpaired) electrons. The van der Waals surface area contributed by atoms with E-state index in [4.69, 9.17) is 4.42 Å². The standard InChI is InChI=1S/C46H32N4O/c47-28-33-18-24-42-40(26-33)41-27-35(37-15-9-16-39-38-14-7-8-17-44(38)51-45(37)39)21-25-43(41)50(42)36-22-19-34(20-23-36)46-48(29-31-10-3-1-4-11-31)49(46)30-32-12-5-2-6-13-32/h1-27,46H,29-30H2. The molecule has 1 aliphatic heterocycles. The molecule has 2 aromatic heterocycles. The van der Waals surface area contributed by atoms with E-state index in [0.29, 0.717) is 5.56 Å². The Bertz CT molecular complexity index is 2730. The Balaban J connectivity index is 1.05. The third kappa shape index (κ3) is 5.01. The van der Waals surface area contributed by atoms with Gasteiger partial charge in [-0.15, -0.1) is 0 Å². The minimum Gasteiger partial charge on any atom is -0.455 e. The molecule has 51 heavy (non-hydrogen) atoms. The Hall–Kier alpha value is -6.45. The van der Waals surface area contributed by atoms with Crippen molar-refractivity contribution in [2.24, 2.45) is 0 Å². The smallest absolute Gasteiger partial charge is 0.143 e. The molecule has 0 amide bonds. The Morgan fingerprint density at radius 1 is 0.549 bits per heavy atom. The first-order valence-electron chi connectivity index (χ1n) is 17.3. The first-order valence-corrected chi connectivity index (χ1v) is 17.3. The highest BCUT2D eigenvalue weighted by atomic mass is 16.3. The van der Waals surface area contributed by atoms with Gasteiger partial charge in [0.25, 0.3) is 0 Å². The van der Waals surface area contributed by atoms with Gasteiger partial charge in [0.15, 0.2) is 0 Å². The predicted molar refractivity (Wildman–Crippen MR) is 205 cm³/mol. The number of hydrogen-bond acceptors (Lipinski definition) is 4. The molecular formula is C46H32N4O. The normalized spacial score (nSPS) is 17.0. The molecule has 1 fully saturated rings. The molecule has 1 aliphatic rings. The first-order chi connectivity index (χ1) is 25.2. The van der Waals surface area contributed by atoms with Crippen LogP contribution >= 0.6 is 0 Å². The van der Waals surface area contributed by atoms with E-state index in [1.165, 1.54) is 16.7 Å². The summed E-state index contributed by atoms with van der Waals surface area (Å²) in [6, 6.07) is 59.9. The molecule has 0 bridgehead atoms. The van der Waals surface area contributed by atoms with Crippen LogP contribution in [0.5, 0.6) is 0 Å². The fourth-order valence-electron chi connectivity index (χ4n) is 7.79. The minimum absolute atomic E-state index is 0.194. The SMILES string of the molecule is N#Cc1ccc2c(c1)c1cc(-c3cccc4c3oc3ccccc34)ccc1n2-c1ccc(C2N(Cc3ccccc3)N2Cc2ccccc2)cc1. The highest BCUT2D eigenvalue weighted by Crippen LogP contribution is 2.45. The van der Waals surface area contributed by atoms with Gasteiger partial charge in [0.2, 0.25) is 0 Å². The molecule has 5 nitrogen and oxygen atoms in total. The fourth-order valence-corrected chi connectivity index (χ4v) is 7.79. The van der Waals surface area contributed by atoms with E-state index in [9.17, 15) is 5.26 Å². The average Bonchev–Trinajstić information content (AvgIpc) is 3.54. The summed E-state index contributed by atoms with van der Waals surface area (Å²) >= 11 is 0. The maximum absolute atomic E-state index is 9.85. The molecule has 2 atom stereocenters. The molecule has 0 N–H and O–H groups in total. The summed E-state index contributed by atoms with van der Waals surface area (Å²) < 4.78 is 8.73. The summed E-state index contributed by atoms with van der Waals surface area (Å²) in [5, 5.41) is 19.1. The molecule has 1 saturated heterocycles. The predicted octanol–water partition coefficient (Wildman–Crippen LogP) is 11.2. The lowest BCUT2D eigenvalue weighted by molar-refractivity contribution is 0.293. The largest absolute Gasteiger partial charge is 0.455 e. The number of nitriles is 1. The van der Waals surface area contributed by atoms with Gasteiger partial charge >= 0.3 is 0 Å². The first kappa shape index (κ1) is 29.5. The van der Waals surface area contributed by atoms with Crippen LogP contribution < -0.4 is 0 Å². The van der Waals surface area contributed by atoms with Gasteiger partial charge in [0.05, 0.1) is 22.7 Å². The van der Waals surface area contributed by atoms with Crippen molar-refractivity contribution < 1.29 is 4.42 Å². The number of benzene rings is 7. The maximum Gasteiger partial charge on any atom is 0.143 e. The van der Waals surface area contributed by atoms with Crippen LogP contribution in [0.15, 0.2) is 168 Å². The number of furan rings is 1. The summed E-state index contributed by atoms with van der Waals surface area (Å²) in [4.78, 5) is 0. The van der Waals surface area contributed by atoms with Gasteiger partial charge in [-0.25, -0.2) is 10.0 Å². The van der Waals surface area contributed by atoms with E-state index in [-0.39, 0.29) is 6.17 Å². The van der Waals surface area contributed by atoms with Crippen LogP contribution in [0.1, 0.15) is 28.4 Å². The van der Waals surface area contributed by atoms with Crippen LogP contribution in [0.2, 0.25) is 0 Å². The monoisotopic (exact) mass is 656 g/mol. The van der Waals surface area contributed by atoms with Crippen molar-refractivity contribution in [3.8, 4) is 22.9 Å². The van der Waals surface area contributed by atoms with Gasteiger partial charge in [-0.1, -0.05) is 115 Å². The molecular weight excluding hydrogens is 625 g/mol. The zero-order chi connectivity index (χ0) is 33.9. The van der Waals surface area contributed by atoms with Crippen molar-refractivity contribution in [1.82, 2.24) is 14.6 Å². The highest BCUT2D eigenvalue weighted by molar-refractivity contribution is 6.13. The Morgan fingerprint density at radius 2 is 1.18 bits per heavy atom. The third-order valence-electron chi connectivity index (χ3n) is 10.3. The Labute approximate surface area is 295 Å². The second-order valence-electron chi connectivity index (χ2n) is 13.3. The van der Waals surface area contributed by atoms with Gasteiger partial charge in [-0.05, 0) is 70.8 Å². The zero-order valence-electron chi connectivity index (χ0n) is 27.8. The molecule has 3 heterocycles. The van der Waals surface area contributed by atoms with Gasteiger partial charge in [0, 0.05) is 45.9 Å². The summed E-state index contributed by atoms with van der Waals surface area (Å²) in [6.45, 7) is 1.72. The quantitative estimate of drug-likeness (QED) is 0.160. The van der Waals surface area contributed by atoms with Crippen LogP contribution in [0.4, 0.5) is 0 Å². The number of aromatic nitrogens is 1. The molecule has 9 aromatic rings. The number of rotatable bonds is 7. The average molecular weight is 657 g/mol. The van der Waals surface area contributed by atoms with Crippen molar-refractivity contribution in [3.63, 3.8) is 0 Å². The Kier molecular flexibility index (Phi) is 6.85. The van der Waals surface area contributed by atoms with E-state index in [0.717, 1.165) is 73.6 Å². The maximum atomic E-state index is 9.85. The fraction of sp³-hybridized carbons (Fsp3) is 0.0652. The lowest BCUT2D eigenvalue weighted by Crippen LogP contribution is -2.07. The van der Waals surface area contributed by atoms with Crippen molar-refractivity contribution in [2.75, 3.05) is 0 Å². The van der Waals surface area contributed by atoms with E-state index in [2.05, 4.69) is 160 Å². The zero-order valence-corrected chi connectivity index (χ0v) is 27.8. The second-order valence-corrected chi connectivity index (χ2v) is 13.3. The van der Waals surface area contributed by atoms with Crippen molar-refractivity contribution in [3.05, 3.63) is 186 Å². The number of hydrazine groups is 1. The lowest BCUT2D eigenvalue weighted by Gasteiger charge is -2.10. The summed E-state index contributed by atoms with van der Waals surface area (Å²) in [5.74, 6) is 0. The summed E-state index contributed by atoms with van der Waals surface area (Å²) in [5.41, 5.74) is 11.7. The molecule has 2 unspecified atom stereocenters. The highest BCUT2D eigenvalue weighted by Gasteiger charge is 2.45. The van der Waals surface area contributed by atoms with E-state index >= 15 is 0 Å². The van der Waals surface area contributed by atoms with Gasteiger partial charge < -0.3 is 8.98 Å². The van der Waals surface area contributed by atoms with Gasteiger partial charge in [-0.3, -0.25) is 0 Å².